The second-order valence-corrected chi connectivity index (χ2v) is 5.63. The number of anilines is 1. The van der Waals surface area contributed by atoms with Crippen LogP contribution in [0.3, 0.4) is 0 Å². The normalized spacial score (nSPS) is 13.1. The molecule has 24 heavy (non-hydrogen) atoms. The Morgan fingerprint density at radius 3 is 2.79 bits per heavy atom. The predicted molar refractivity (Wildman–Crippen MR) is 89.0 cm³/mol. The minimum absolute atomic E-state index is 0.196. The van der Waals surface area contributed by atoms with E-state index in [0.29, 0.717) is 24.3 Å². The van der Waals surface area contributed by atoms with Crippen molar-refractivity contribution in [2.45, 2.75) is 13.0 Å². The zero-order valence-corrected chi connectivity index (χ0v) is 13.3. The van der Waals surface area contributed by atoms with Crippen LogP contribution in [0, 0.1) is 0 Å². The molecule has 0 atom stereocenters. The van der Waals surface area contributed by atoms with Crippen LogP contribution in [0.2, 0.25) is 0 Å². The predicted octanol–water partition coefficient (Wildman–Crippen LogP) is 2.77. The summed E-state index contributed by atoms with van der Waals surface area (Å²) in [5.74, 6) is -0.254. The Bertz CT molecular complexity index is 788. The summed E-state index contributed by atoms with van der Waals surface area (Å²) in [5.41, 5.74) is 3.00. The highest BCUT2D eigenvalue weighted by Gasteiger charge is 2.21. The van der Waals surface area contributed by atoms with Crippen LogP contribution in [0.1, 0.15) is 21.5 Å². The van der Waals surface area contributed by atoms with E-state index in [1.807, 2.05) is 6.07 Å². The van der Waals surface area contributed by atoms with Crippen LogP contribution in [0.15, 0.2) is 42.5 Å². The van der Waals surface area contributed by atoms with Crippen molar-refractivity contribution < 1.29 is 19.4 Å². The molecule has 0 spiro atoms. The molecule has 2 N–H and O–H groups in total. The van der Waals surface area contributed by atoms with Crippen LogP contribution >= 0.6 is 0 Å². The molecule has 2 aromatic rings. The summed E-state index contributed by atoms with van der Waals surface area (Å²) in [6.07, 6.45) is 0.741. The number of benzene rings is 2. The molecule has 0 aliphatic carbocycles. The number of phenolic OH excluding ortho intramolecular Hbond substituents is 1. The molecule has 0 bridgehead atoms. The van der Waals surface area contributed by atoms with Gasteiger partial charge in [0, 0.05) is 18.8 Å². The van der Waals surface area contributed by atoms with Gasteiger partial charge in [-0.05, 0) is 47.9 Å². The minimum Gasteiger partial charge on any atom is -0.508 e. The van der Waals surface area contributed by atoms with E-state index < -0.39 is 5.97 Å². The SMILES string of the molecule is COC(=O)c1cccc(NC(=O)N2CCc3ccc(O)cc3C2)c1. The second kappa shape index (κ2) is 6.62. The van der Waals surface area contributed by atoms with Crippen molar-refractivity contribution in [2.75, 3.05) is 19.0 Å². The molecule has 1 heterocycles. The van der Waals surface area contributed by atoms with Gasteiger partial charge in [0.2, 0.25) is 0 Å². The number of nitrogens with zero attached hydrogens (tertiary/aromatic N) is 1. The molecule has 0 saturated carbocycles. The van der Waals surface area contributed by atoms with Crippen LogP contribution in [0.4, 0.5) is 10.5 Å². The van der Waals surface area contributed by atoms with Crippen LogP contribution in [0.5, 0.6) is 5.75 Å². The van der Waals surface area contributed by atoms with Crippen molar-refractivity contribution >= 4 is 17.7 Å². The molecule has 0 saturated heterocycles. The van der Waals surface area contributed by atoms with Gasteiger partial charge in [-0.1, -0.05) is 12.1 Å². The highest BCUT2D eigenvalue weighted by molar-refractivity contribution is 5.94. The average Bonchev–Trinajstić information content (AvgIpc) is 2.60. The molecule has 0 radical (unpaired) electrons. The number of fused-ring (bicyclic) bond motifs is 1. The van der Waals surface area contributed by atoms with Gasteiger partial charge in [0.25, 0.3) is 0 Å². The van der Waals surface area contributed by atoms with Crippen LogP contribution < -0.4 is 5.32 Å². The Balaban J connectivity index is 1.71. The molecule has 124 valence electrons. The van der Waals surface area contributed by atoms with Gasteiger partial charge in [-0.3, -0.25) is 0 Å². The fourth-order valence-electron chi connectivity index (χ4n) is 2.76. The Kier molecular flexibility index (Phi) is 4.37. The first-order chi connectivity index (χ1) is 11.6. The summed E-state index contributed by atoms with van der Waals surface area (Å²) in [4.78, 5) is 25.7. The Morgan fingerprint density at radius 2 is 2.00 bits per heavy atom. The van der Waals surface area contributed by atoms with E-state index in [4.69, 9.17) is 0 Å². The summed E-state index contributed by atoms with van der Waals surface area (Å²) < 4.78 is 4.68. The van der Waals surface area contributed by atoms with Gasteiger partial charge in [-0.25, -0.2) is 9.59 Å². The van der Waals surface area contributed by atoms with E-state index in [1.54, 1.807) is 41.3 Å². The number of rotatable bonds is 2. The average molecular weight is 326 g/mol. The molecule has 0 aromatic heterocycles. The van der Waals surface area contributed by atoms with Gasteiger partial charge >= 0.3 is 12.0 Å². The van der Waals surface area contributed by atoms with Gasteiger partial charge in [0.1, 0.15) is 5.75 Å². The number of esters is 1. The Hall–Kier alpha value is -3.02. The highest BCUT2D eigenvalue weighted by atomic mass is 16.5. The third-order valence-corrected chi connectivity index (χ3v) is 4.02. The maximum atomic E-state index is 12.4. The van der Waals surface area contributed by atoms with Crippen molar-refractivity contribution in [1.29, 1.82) is 0 Å². The number of carbonyl (C=O) groups is 2. The lowest BCUT2D eigenvalue weighted by molar-refractivity contribution is 0.0600. The molecule has 1 aliphatic rings. The van der Waals surface area contributed by atoms with E-state index in [1.165, 1.54) is 7.11 Å². The molecule has 1 aliphatic heterocycles. The number of urea groups is 1. The lowest BCUT2D eigenvalue weighted by atomic mass is 10.00. The molecule has 6 heteroatoms. The molecule has 0 fully saturated rings. The quantitative estimate of drug-likeness (QED) is 0.832. The summed E-state index contributed by atoms with van der Waals surface area (Å²) in [6, 6.07) is 11.6. The minimum atomic E-state index is -0.450. The molecule has 6 nitrogen and oxygen atoms in total. The fraction of sp³-hybridized carbons (Fsp3) is 0.222. The van der Waals surface area contributed by atoms with Gasteiger partial charge in [0.15, 0.2) is 0 Å². The number of nitrogens with one attached hydrogen (secondary N) is 1. The van der Waals surface area contributed by atoms with Crippen molar-refractivity contribution in [3.63, 3.8) is 0 Å². The first-order valence-electron chi connectivity index (χ1n) is 7.62. The number of ether oxygens (including phenoxy) is 1. The summed E-state index contributed by atoms with van der Waals surface area (Å²) in [6.45, 7) is 1.03. The van der Waals surface area contributed by atoms with E-state index >= 15 is 0 Å². The molecule has 2 aromatic carbocycles. The zero-order valence-electron chi connectivity index (χ0n) is 13.3. The number of carbonyl (C=O) groups excluding carboxylic acids is 2. The maximum absolute atomic E-state index is 12.4. The van der Waals surface area contributed by atoms with Crippen molar-refractivity contribution in [3.05, 3.63) is 59.2 Å². The lowest BCUT2D eigenvalue weighted by Crippen LogP contribution is -2.38. The van der Waals surface area contributed by atoms with Gasteiger partial charge in [0.05, 0.1) is 12.7 Å². The highest BCUT2D eigenvalue weighted by Crippen LogP contribution is 2.23. The van der Waals surface area contributed by atoms with Crippen LogP contribution in [0.25, 0.3) is 0 Å². The number of aromatic hydroxyl groups is 1. The zero-order chi connectivity index (χ0) is 17.1. The standard InChI is InChI=1S/C18H18N2O4/c1-24-17(22)13-3-2-4-15(9-13)19-18(23)20-8-7-12-5-6-16(21)10-14(12)11-20/h2-6,9-10,21H,7-8,11H2,1H3,(H,19,23). The largest absolute Gasteiger partial charge is 0.508 e. The van der Waals surface area contributed by atoms with E-state index in [2.05, 4.69) is 10.1 Å². The monoisotopic (exact) mass is 326 g/mol. The summed E-state index contributed by atoms with van der Waals surface area (Å²) in [5, 5.41) is 12.4. The van der Waals surface area contributed by atoms with Gasteiger partial charge in [-0.15, -0.1) is 0 Å². The number of hydrogen-bond donors (Lipinski definition) is 2. The van der Waals surface area contributed by atoms with Crippen molar-refractivity contribution in [2.24, 2.45) is 0 Å². The van der Waals surface area contributed by atoms with Crippen molar-refractivity contribution in [1.82, 2.24) is 4.90 Å². The topological polar surface area (TPSA) is 78.9 Å². The second-order valence-electron chi connectivity index (χ2n) is 5.63. The van der Waals surface area contributed by atoms with E-state index in [-0.39, 0.29) is 11.8 Å². The Labute approximate surface area is 139 Å². The molecular weight excluding hydrogens is 308 g/mol. The number of methoxy groups -OCH3 is 1. The molecule has 3 rings (SSSR count). The number of amides is 2. The van der Waals surface area contributed by atoms with E-state index in [9.17, 15) is 14.7 Å². The summed E-state index contributed by atoms with van der Waals surface area (Å²) in [7, 11) is 1.31. The number of hydrogen-bond acceptors (Lipinski definition) is 4. The van der Waals surface area contributed by atoms with E-state index in [0.717, 1.165) is 17.5 Å². The van der Waals surface area contributed by atoms with Crippen LogP contribution in [-0.4, -0.2) is 35.7 Å². The van der Waals surface area contributed by atoms with Gasteiger partial charge < -0.3 is 20.1 Å². The smallest absolute Gasteiger partial charge is 0.337 e. The Morgan fingerprint density at radius 1 is 1.17 bits per heavy atom. The third-order valence-electron chi connectivity index (χ3n) is 4.02. The molecule has 2 amide bonds. The van der Waals surface area contributed by atoms with Crippen LogP contribution in [-0.2, 0) is 17.7 Å². The van der Waals surface area contributed by atoms with Gasteiger partial charge in [-0.2, -0.15) is 0 Å². The number of phenols is 1. The first-order valence-corrected chi connectivity index (χ1v) is 7.62. The molecular formula is C18H18N2O4. The van der Waals surface area contributed by atoms with Crippen molar-refractivity contribution in [3.8, 4) is 5.75 Å². The molecule has 0 unspecified atom stereocenters. The summed E-state index contributed by atoms with van der Waals surface area (Å²) >= 11 is 0. The first kappa shape index (κ1) is 15.9. The third kappa shape index (κ3) is 3.32. The lowest BCUT2D eigenvalue weighted by Gasteiger charge is -2.29. The maximum Gasteiger partial charge on any atom is 0.337 e. The fourth-order valence-corrected chi connectivity index (χ4v) is 2.76.